The summed E-state index contributed by atoms with van der Waals surface area (Å²) >= 11 is 7.46. The van der Waals surface area contributed by atoms with Crippen LogP contribution in [0.5, 0.6) is 0 Å². The van der Waals surface area contributed by atoms with Crippen LogP contribution >= 0.6 is 23.4 Å². The number of nitrogens with one attached hydrogen (secondary N) is 1. The molecule has 0 radical (unpaired) electrons. The van der Waals surface area contributed by atoms with Gasteiger partial charge in [-0.2, -0.15) is 0 Å². The second kappa shape index (κ2) is 8.53. The number of amides is 1. The van der Waals surface area contributed by atoms with Crippen LogP contribution in [0.2, 0.25) is 5.02 Å². The first-order valence-corrected chi connectivity index (χ1v) is 9.34. The molecule has 1 amide bonds. The number of nitro benzene ring substituents is 1. The predicted octanol–water partition coefficient (Wildman–Crippen LogP) is 4.31. The molecule has 0 saturated carbocycles. The number of benzene rings is 2. The van der Waals surface area contributed by atoms with E-state index in [9.17, 15) is 14.9 Å². The number of non-ortho nitro benzene ring substituents is 1. The molecule has 0 spiro atoms. The Morgan fingerprint density at radius 1 is 1.31 bits per heavy atom. The van der Waals surface area contributed by atoms with Crippen LogP contribution in [-0.2, 0) is 4.74 Å². The second-order valence-electron chi connectivity index (χ2n) is 5.82. The van der Waals surface area contributed by atoms with E-state index in [1.165, 1.54) is 23.9 Å². The number of nitrogens with zero attached hydrogens (tertiary/aromatic N) is 1. The molecule has 0 bridgehead atoms. The van der Waals surface area contributed by atoms with Crippen molar-refractivity contribution in [1.82, 2.24) is 5.32 Å². The third-order valence-electron chi connectivity index (χ3n) is 3.99. The van der Waals surface area contributed by atoms with Crippen molar-refractivity contribution in [2.75, 3.05) is 13.2 Å². The van der Waals surface area contributed by atoms with Crippen LogP contribution < -0.4 is 5.32 Å². The molecule has 1 atom stereocenters. The molecule has 6 nitrogen and oxygen atoms in total. The van der Waals surface area contributed by atoms with Gasteiger partial charge in [0, 0.05) is 35.1 Å². The molecule has 2 aromatic rings. The van der Waals surface area contributed by atoms with E-state index in [4.69, 9.17) is 16.3 Å². The Kier molecular flexibility index (Phi) is 6.13. The number of halogens is 1. The molecular formula is C18H17ClN2O4S. The van der Waals surface area contributed by atoms with Gasteiger partial charge in [0.05, 0.1) is 21.6 Å². The normalized spacial score (nSPS) is 16.4. The highest BCUT2D eigenvalue weighted by Crippen LogP contribution is 2.36. The van der Waals surface area contributed by atoms with Crippen LogP contribution in [0.25, 0.3) is 0 Å². The van der Waals surface area contributed by atoms with E-state index < -0.39 is 4.92 Å². The summed E-state index contributed by atoms with van der Waals surface area (Å²) in [7, 11) is 0. The average molecular weight is 393 g/mol. The summed E-state index contributed by atoms with van der Waals surface area (Å²) in [6, 6.07) is 11.5. The molecule has 0 aliphatic carbocycles. The van der Waals surface area contributed by atoms with Gasteiger partial charge in [0.1, 0.15) is 0 Å². The maximum Gasteiger partial charge on any atom is 0.270 e. The fourth-order valence-corrected chi connectivity index (χ4v) is 3.89. The number of hydrogen-bond donors (Lipinski definition) is 1. The lowest BCUT2D eigenvalue weighted by molar-refractivity contribution is -0.384. The van der Waals surface area contributed by atoms with Crippen LogP contribution in [0.1, 0.15) is 23.2 Å². The molecule has 1 aliphatic heterocycles. The first-order valence-electron chi connectivity index (χ1n) is 8.15. The Balaban J connectivity index is 1.74. The Morgan fingerprint density at radius 3 is 2.81 bits per heavy atom. The first-order chi connectivity index (χ1) is 12.5. The quantitative estimate of drug-likeness (QED) is 0.585. The van der Waals surface area contributed by atoms with Crippen molar-refractivity contribution in [1.29, 1.82) is 0 Å². The lowest BCUT2D eigenvalue weighted by Gasteiger charge is -2.13. The smallest absolute Gasteiger partial charge is 0.270 e. The van der Waals surface area contributed by atoms with Crippen LogP contribution in [0.4, 0.5) is 5.69 Å². The predicted molar refractivity (Wildman–Crippen MR) is 100.0 cm³/mol. The third kappa shape index (κ3) is 4.55. The van der Waals surface area contributed by atoms with E-state index in [2.05, 4.69) is 5.32 Å². The summed E-state index contributed by atoms with van der Waals surface area (Å²) in [6.45, 7) is 1.22. The van der Waals surface area contributed by atoms with E-state index in [-0.39, 0.29) is 22.7 Å². The number of rotatable bonds is 6. The zero-order chi connectivity index (χ0) is 18.5. The van der Waals surface area contributed by atoms with E-state index in [1.807, 2.05) is 12.1 Å². The summed E-state index contributed by atoms with van der Waals surface area (Å²) in [6.07, 6.45) is 2.05. The number of ether oxygens (including phenoxy) is 1. The molecule has 1 aliphatic rings. The van der Waals surface area contributed by atoms with Crippen molar-refractivity contribution in [3.8, 4) is 0 Å². The monoisotopic (exact) mass is 392 g/mol. The molecular weight excluding hydrogens is 376 g/mol. The fourth-order valence-electron chi connectivity index (χ4n) is 2.65. The van der Waals surface area contributed by atoms with Gasteiger partial charge in [0.25, 0.3) is 11.6 Å². The van der Waals surface area contributed by atoms with Gasteiger partial charge in [-0.15, -0.1) is 0 Å². The maximum absolute atomic E-state index is 12.5. The molecule has 1 saturated heterocycles. The number of carbonyl (C=O) groups excluding carboxylic acids is 1. The summed E-state index contributed by atoms with van der Waals surface area (Å²) < 4.78 is 5.52. The van der Waals surface area contributed by atoms with E-state index >= 15 is 0 Å². The van der Waals surface area contributed by atoms with Crippen molar-refractivity contribution >= 4 is 35.0 Å². The Morgan fingerprint density at radius 2 is 2.12 bits per heavy atom. The number of hydrogen-bond acceptors (Lipinski definition) is 5. The summed E-state index contributed by atoms with van der Waals surface area (Å²) in [5.41, 5.74) is 0.465. The minimum atomic E-state index is -0.493. The largest absolute Gasteiger partial charge is 0.376 e. The Labute approximate surface area is 160 Å². The molecule has 1 heterocycles. The van der Waals surface area contributed by atoms with Crippen molar-refractivity contribution in [3.05, 3.63) is 63.2 Å². The van der Waals surface area contributed by atoms with E-state index in [0.29, 0.717) is 17.0 Å². The molecule has 1 fully saturated rings. The molecule has 136 valence electrons. The van der Waals surface area contributed by atoms with Crippen molar-refractivity contribution < 1.29 is 14.5 Å². The van der Waals surface area contributed by atoms with Gasteiger partial charge in [0.2, 0.25) is 0 Å². The van der Waals surface area contributed by atoms with E-state index in [1.54, 1.807) is 18.2 Å². The van der Waals surface area contributed by atoms with Crippen molar-refractivity contribution in [2.24, 2.45) is 0 Å². The number of carbonyl (C=O) groups is 1. The van der Waals surface area contributed by atoms with Gasteiger partial charge < -0.3 is 10.1 Å². The van der Waals surface area contributed by atoms with Gasteiger partial charge in [-0.25, -0.2) is 0 Å². The lowest BCUT2D eigenvalue weighted by atomic mass is 10.2. The van der Waals surface area contributed by atoms with Crippen LogP contribution in [-0.4, -0.2) is 30.1 Å². The van der Waals surface area contributed by atoms with Gasteiger partial charge in [-0.3, -0.25) is 14.9 Å². The maximum atomic E-state index is 12.5. The minimum absolute atomic E-state index is 0.0676. The summed E-state index contributed by atoms with van der Waals surface area (Å²) in [4.78, 5) is 24.2. The van der Waals surface area contributed by atoms with Gasteiger partial charge >= 0.3 is 0 Å². The zero-order valence-electron chi connectivity index (χ0n) is 13.8. The van der Waals surface area contributed by atoms with Crippen LogP contribution in [0.3, 0.4) is 0 Å². The molecule has 2 aromatic carbocycles. The Hall–Kier alpha value is -2.09. The zero-order valence-corrected chi connectivity index (χ0v) is 15.4. The molecule has 8 heteroatoms. The van der Waals surface area contributed by atoms with Gasteiger partial charge in [0.15, 0.2) is 0 Å². The topological polar surface area (TPSA) is 81.5 Å². The first kappa shape index (κ1) is 18.7. The fraction of sp³-hybridized carbons (Fsp3) is 0.278. The Bertz CT molecular complexity index is 825. The van der Waals surface area contributed by atoms with Gasteiger partial charge in [-0.1, -0.05) is 35.5 Å². The second-order valence-corrected chi connectivity index (χ2v) is 7.31. The molecule has 0 unspecified atom stereocenters. The molecule has 0 aromatic heterocycles. The van der Waals surface area contributed by atoms with Crippen molar-refractivity contribution in [3.63, 3.8) is 0 Å². The highest BCUT2D eigenvalue weighted by atomic mass is 35.5. The van der Waals surface area contributed by atoms with Gasteiger partial charge in [-0.05, 0) is 31.0 Å². The summed E-state index contributed by atoms with van der Waals surface area (Å²) in [5, 5.41) is 14.0. The van der Waals surface area contributed by atoms with Crippen molar-refractivity contribution in [2.45, 2.75) is 28.7 Å². The van der Waals surface area contributed by atoms with Crippen LogP contribution in [0.15, 0.2) is 52.3 Å². The molecule has 3 rings (SSSR count). The summed E-state index contributed by atoms with van der Waals surface area (Å²) in [5.74, 6) is -0.179. The molecule has 1 N–H and O–H groups in total. The van der Waals surface area contributed by atoms with E-state index in [0.717, 1.165) is 24.3 Å². The lowest BCUT2D eigenvalue weighted by Crippen LogP contribution is -2.32. The molecule has 26 heavy (non-hydrogen) atoms. The minimum Gasteiger partial charge on any atom is -0.376 e. The third-order valence-corrected chi connectivity index (χ3v) is 5.57. The highest BCUT2D eigenvalue weighted by molar-refractivity contribution is 7.99. The number of nitro groups is 1. The highest BCUT2D eigenvalue weighted by Gasteiger charge is 2.19. The average Bonchev–Trinajstić information content (AvgIpc) is 3.15. The SMILES string of the molecule is O=C(NC[C@H]1CCCO1)c1ccccc1Sc1ccc([N+](=O)[O-])cc1Cl. The standard InChI is InChI=1S/C18H17ClN2O4S/c19-15-10-12(21(23)24)7-8-17(15)26-16-6-2-1-5-14(16)18(22)20-11-13-4-3-9-25-13/h1-2,5-8,10,13H,3-4,9,11H2,(H,20,22)/t13-/m1/s1. The van der Waals surface area contributed by atoms with Crippen LogP contribution in [0, 0.1) is 10.1 Å².